The van der Waals surface area contributed by atoms with Gasteiger partial charge in [-0.05, 0) is 37.6 Å². The van der Waals surface area contributed by atoms with E-state index in [2.05, 4.69) is 36.2 Å². The van der Waals surface area contributed by atoms with Gasteiger partial charge in [-0.25, -0.2) is 0 Å². The van der Waals surface area contributed by atoms with Gasteiger partial charge in [-0.3, -0.25) is 14.6 Å². The van der Waals surface area contributed by atoms with Crippen LogP contribution in [0.15, 0.2) is 33.3 Å². The Morgan fingerprint density at radius 2 is 1.92 bits per heavy atom. The molecule has 0 aliphatic carbocycles. The number of nitrogens with zero attached hydrogens (tertiary/aromatic N) is 3. The molecule has 25 heavy (non-hydrogen) atoms. The van der Waals surface area contributed by atoms with Gasteiger partial charge in [0.15, 0.2) is 0 Å². The highest BCUT2D eigenvalue weighted by Crippen LogP contribution is 2.20. The first-order chi connectivity index (χ1) is 12.0. The molecule has 1 aromatic carbocycles. The van der Waals surface area contributed by atoms with Crippen LogP contribution >= 0.6 is 15.9 Å². The third kappa shape index (κ3) is 5.14. The van der Waals surface area contributed by atoms with E-state index in [9.17, 15) is 4.79 Å². The van der Waals surface area contributed by atoms with Crippen molar-refractivity contribution in [1.29, 1.82) is 0 Å². The van der Waals surface area contributed by atoms with Crippen molar-refractivity contribution in [2.45, 2.75) is 20.4 Å². The number of anilines is 1. The predicted molar refractivity (Wildman–Crippen MR) is 100 cm³/mol. The number of piperazine rings is 1. The molecule has 7 heteroatoms. The molecule has 0 bridgehead atoms. The van der Waals surface area contributed by atoms with Gasteiger partial charge in [0.25, 0.3) is 0 Å². The molecule has 0 saturated carbocycles. The van der Waals surface area contributed by atoms with Crippen molar-refractivity contribution in [3.8, 4) is 0 Å². The summed E-state index contributed by atoms with van der Waals surface area (Å²) in [6, 6.07) is 7.84. The van der Waals surface area contributed by atoms with E-state index in [-0.39, 0.29) is 5.91 Å². The minimum atomic E-state index is 0.0333. The first-order valence-electron chi connectivity index (χ1n) is 8.42. The number of carbonyl (C=O) groups excluding carboxylic acids is 1. The Morgan fingerprint density at radius 3 is 2.56 bits per heavy atom. The van der Waals surface area contributed by atoms with Crippen LogP contribution in [0.4, 0.5) is 5.69 Å². The standard InChI is InChI=1S/C18H23BrN4O2/c1-13-9-15(19)3-4-17(13)20-18(24)12-23-7-5-22(6-8-23)11-16-10-14(2)25-21-16/h3-4,9-10H,5-8,11-12H2,1-2H3,(H,20,24). The second kappa shape index (κ2) is 8.12. The molecule has 0 spiro atoms. The highest BCUT2D eigenvalue weighted by molar-refractivity contribution is 9.10. The molecule has 1 fully saturated rings. The SMILES string of the molecule is Cc1cc(CN2CCN(CC(=O)Nc3ccc(Br)cc3C)CC2)no1. The summed E-state index contributed by atoms with van der Waals surface area (Å²) in [5.74, 6) is 0.875. The summed E-state index contributed by atoms with van der Waals surface area (Å²) in [7, 11) is 0. The monoisotopic (exact) mass is 406 g/mol. The number of aryl methyl sites for hydroxylation is 2. The van der Waals surface area contributed by atoms with Gasteiger partial charge in [0.2, 0.25) is 5.91 Å². The molecule has 134 valence electrons. The molecule has 0 unspecified atom stereocenters. The number of carbonyl (C=O) groups is 1. The van der Waals surface area contributed by atoms with E-state index in [0.29, 0.717) is 6.54 Å². The molecule has 6 nitrogen and oxygen atoms in total. The second-order valence-electron chi connectivity index (χ2n) is 6.49. The summed E-state index contributed by atoms with van der Waals surface area (Å²) in [5.41, 5.74) is 2.89. The van der Waals surface area contributed by atoms with Crippen LogP contribution in [0.25, 0.3) is 0 Å². The largest absolute Gasteiger partial charge is 0.361 e. The first-order valence-corrected chi connectivity index (χ1v) is 9.22. The number of halogens is 1. The van der Waals surface area contributed by atoms with Crippen LogP contribution in [-0.4, -0.2) is 53.6 Å². The van der Waals surface area contributed by atoms with Crippen LogP contribution in [0, 0.1) is 13.8 Å². The van der Waals surface area contributed by atoms with Crippen LogP contribution in [-0.2, 0) is 11.3 Å². The number of nitrogens with one attached hydrogen (secondary N) is 1. The van der Waals surface area contributed by atoms with Crippen molar-refractivity contribution in [3.63, 3.8) is 0 Å². The zero-order valence-corrected chi connectivity index (χ0v) is 16.2. The fraction of sp³-hybridized carbons (Fsp3) is 0.444. The van der Waals surface area contributed by atoms with E-state index < -0.39 is 0 Å². The van der Waals surface area contributed by atoms with E-state index in [0.717, 1.165) is 59.9 Å². The molecule has 1 aromatic heterocycles. The lowest BCUT2D eigenvalue weighted by Gasteiger charge is -2.33. The van der Waals surface area contributed by atoms with Crippen molar-refractivity contribution in [1.82, 2.24) is 15.0 Å². The Kier molecular flexibility index (Phi) is 5.88. The van der Waals surface area contributed by atoms with Crippen LogP contribution < -0.4 is 5.32 Å². The fourth-order valence-corrected chi connectivity index (χ4v) is 3.46. The minimum Gasteiger partial charge on any atom is -0.361 e. The normalized spacial score (nSPS) is 16.1. The Labute approximate surface area is 156 Å². The van der Waals surface area contributed by atoms with E-state index in [1.54, 1.807) is 0 Å². The number of hydrogen-bond acceptors (Lipinski definition) is 5. The van der Waals surface area contributed by atoms with E-state index in [1.165, 1.54) is 0 Å². The molecule has 1 aliphatic heterocycles. The van der Waals surface area contributed by atoms with Crippen molar-refractivity contribution >= 4 is 27.5 Å². The molecule has 2 aromatic rings. The number of benzene rings is 1. The second-order valence-corrected chi connectivity index (χ2v) is 7.40. The van der Waals surface area contributed by atoms with Gasteiger partial charge in [-0.2, -0.15) is 0 Å². The van der Waals surface area contributed by atoms with Gasteiger partial charge >= 0.3 is 0 Å². The Hall–Kier alpha value is -1.70. The molecular weight excluding hydrogens is 384 g/mol. The minimum absolute atomic E-state index is 0.0333. The zero-order valence-electron chi connectivity index (χ0n) is 14.6. The van der Waals surface area contributed by atoms with Gasteiger partial charge in [-0.1, -0.05) is 21.1 Å². The maximum Gasteiger partial charge on any atom is 0.238 e. The predicted octanol–water partition coefficient (Wildman–Crippen LogP) is 2.81. The van der Waals surface area contributed by atoms with Gasteiger partial charge in [-0.15, -0.1) is 0 Å². The van der Waals surface area contributed by atoms with Crippen molar-refractivity contribution < 1.29 is 9.32 Å². The van der Waals surface area contributed by atoms with Crippen LogP contribution in [0.2, 0.25) is 0 Å². The summed E-state index contributed by atoms with van der Waals surface area (Å²) in [6.45, 7) is 8.73. The van der Waals surface area contributed by atoms with E-state index >= 15 is 0 Å². The smallest absolute Gasteiger partial charge is 0.238 e. The highest BCUT2D eigenvalue weighted by atomic mass is 79.9. The maximum atomic E-state index is 12.3. The fourth-order valence-electron chi connectivity index (χ4n) is 2.99. The quantitative estimate of drug-likeness (QED) is 0.826. The number of amides is 1. The lowest BCUT2D eigenvalue weighted by Crippen LogP contribution is -2.48. The third-order valence-corrected chi connectivity index (χ3v) is 4.85. The molecule has 1 saturated heterocycles. The molecular formula is C18H23BrN4O2. The summed E-state index contributed by atoms with van der Waals surface area (Å²) >= 11 is 3.44. The number of rotatable bonds is 5. The zero-order chi connectivity index (χ0) is 17.8. The summed E-state index contributed by atoms with van der Waals surface area (Å²) in [5, 5.41) is 7.04. The van der Waals surface area contributed by atoms with Gasteiger partial charge in [0.05, 0.1) is 12.2 Å². The number of aromatic nitrogens is 1. The highest BCUT2D eigenvalue weighted by Gasteiger charge is 2.20. The number of hydrogen-bond donors (Lipinski definition) is 1. The van der Waals surface area contributed by atoms with Crippen molar-refractivity contribution in [2.75, 3.05) is 38.0 Å². The molecule has 0 radical (unpaired) electrons. The topological polar surface area (TPSA) is 61.6 Å². The average molecular weight is 407 g/mol. The summed E-state index contributed by atoms with van der Waals surface area (Å²) < 4.78 is 6.13. The summed E-state index contributed by atoms with van der Waals surface area (Å²) in [4.78, 5) is 16.8. The van der Waals surface area contributed by atoms with Crippen LogP contribution in [0.5, 0.6) is 0 Å². The van der Waals surface area contributed by atoms with Crippen molar-refractivity contribution in [3.05, 3.63) is 45.8 Å². The molecule has 1 aliphatic rings. The molecule has 2 heterocycles. The Morgan fingerprint density at radius 1 is 1.20 bits per heavy atom. The van der Waals surface area contributed by atoms with Crippen LogP contribution in [0.3, 0.4) is 0 Å². The lowest BCUT2D eigenvalue weighted by molar-refractivity contribution is -0.117. The van der Waals surface area contributed by atoms with E-state index in [1.807, 2.05) is 38.1 Å². The maximum absolute atomic E-state index is 12.3. The summed E-state index contributed by atoms with van der Waals surface area (Å²) in [6.07, 6.45) is 0. The van der Waals surface area contributed by atoms with Gasteiger partial charge in [0.1, 0.15) is 5.76 Å². The molecule has 0 atom stereocenters. The third-order valence-electron chi connectivity index (χ3n) is 4.36. The Bertz CT molecular complexity index is 738. The Balaban J connectivity index is 1.44. The van der Waals surface area contributed by atoms with Crippen molar-refractivity contribution in [2.24, 2.45) is 0 Å². The first kappa shape index (κ1) is 18.1. The van der Waals surface area contributed by atoms with Crippen LogP contribution in [0.1, 0.15) is 17.0 Å². The molecule has 3 rings (SSSR count). The molecule has 1 amide bonds. The molecule has 1 N–H and O–H groups in total. The van der Waals surface area contributed by atoms with Gasteiger partial charge in [0, 0.05) is 49.0 Å². The average Bonchev–Trinajstić information content (AvgIpc) is 2.97. The van der Waals surface area contributed by atoms with E-state index in [4.69, 9.17) is 4.52 Å². The lowest BCUT2D eigenvalue weighted by atomic mass is 10.2. The van der Waals surface area contributed by atoms with Gasteiger partial charge < -0.3 is 9.84 Å².